The first-order valence-electron chi connectivity index (χ1n) is 6.01. The molecule has 90 valence electrons. The monoisotopic (exact) mass is 241 g/mol. The summed E-state index contributed by atoms with van der Waals surface area (Å²) in [6, 6.07) is 0. The fourth-order valence-corrected chi connectivity index (χ4v) is 2.72. The van der Waals surface area contributed by atoms with Crippen molar-refractivity contribution in [2.75, 3.05) is 0 Å². The van der Waals surface area contributed by atoms with Crippen LogP contribution in [-0.2, 0) is 17.8 Å². The van der Waals surface area contributed by atoms with Gasteiger partial charge in [0.25, 0.3) is 0 Å². The van der Waals surface area contributed by atoms with Crippen molar-refractivity contribution in [3.8, 4) is 0 Å². The molecule has 16 heavy (non-hydrogen) atoms. The Morgan fingerprint density at radius 2 is 2.19 bits per heavy atom. The van der Waals surface area contributed by atoms with Crippen molar-refractivity contribution in [2.24, 2.45) is 0 Å². The molecule has 0 amide bonds. The van der Waals surface area contributed by atoms with Gasteiger partial charge < -0.3 is 9.84 Å². The lowest BCUT2D eigenvalue weighted by Crippen LogP contribution is -2.24. The van der Waals surface area contributed by atoms with Crippen molar-refractivity contribution >= 4 is 11.3 Å². The smallest absolute Gasteiger partial charge is 0.0926 e. The van der Waals surface area contributed by atoms with Gasteiger partial charge in [-0.3, -0.25) is 0 Å². The number of aliphatic hydroxyl groups is 1. The Morgan fingerprint density at radius 1 is 1.44 bits per heavy atom. The van der Waals surface area contributed by atoms with Crippen molar-refractivity contribution < 1.29 is 9.84 Å². The van der Waals surface area contributed by atoms with Crippen molar-refractivity contribution in [1.29, 1.82) is 0 Å². The molecular weight excluding hydrogens is 222 g/mol. The minimum atomic E-state index is -0.106. The Kier molecular flexibility index (Phi) is 4.32. The maximum absolute atomic E-state index is 9.38. The second kappa shape index (κ2) is 5.75. The Bertz CT molecular complexity index is 319. The number of thiazole rings is 1. The van der Waals surface area contributed by atoms with E-state index in [-0.39, 0.29) is 6.10 Å². The third kappa shape index (κ3) is 3.27. The van der Waals surface area contributed by atoms with Gasteiger partial charge in [-0.05, 0) is 32.1 Å². The van der Waals surface area contributed by atoms with Gasteiger partial charge in [-0.15, -0.1) is 11.3 Å². The Morgan fingerprint density at radius 3 is 2.81 bits per heavy atom. The highest BCUT2D eigenvalue weighted by atomic mass is 32.1. The molecule has 3 nitrogen and oxygen atoms in total. The SMILES string of the molecule is CCc1nc(COC2CCC(O)CC2)cs1. The van der Waals surface area contributed by atoms with Gasteiger partial charge >= 0.3 is 0 Å². The summed E-state index contributed by atoms with van der Waals surface area (Å²) < 4.78 is 5.81. The van der Waals surface area contributed by atoms with Crippen molar-refractivity contribution in [3.05, 3.63) is 16.1 Å². The van der Waals surface area contributed by atoms with E-state index in [9.17, 15) is 5.11 Å². The van der Waals surface area contributed by atoms with Crippen LogP contribution in [0, 0.1) is 0 Å². The molecule has 0 bridgehead atoms. The zero-order valence-electron chi connectivity index (χ0n) is 9.69. The zero-order chi connectivity index (χ0) is 11.4. The molecule has 0 saturated heterocycles. The third-order valence-corrected chi connectivity index (χ3v) is 4.05. The second-order valence-electron chi connectivity index (χ2n) is 4.33. The number of nitrogens with zero attached hydrogens (tertiary/aromatic N) is 1. The van der Waals surface area contributed by atoms with Crippen LogP contribution in [0.5, 0.6) is 0 Å². The van der Waals surface area contributed by atoms with Crippen LogP contribution in [-0.4, -0.2) is 22.3 Å². The molecule has 0 radical (unpaired) electrons. The number of aryl methyl sites for hydroxylation is 1. The van der Waals surface area contributed by atoms with E-state index in [0.717, 1.165) is 37.8 Å². The largest absolute Gasteiger partial charge is 0.393 e. The molecule has 1 aliphatic rings. The second-order valence-corrected chi connectivity index (χ2v) is 5.27. The summed E-state index contributed by atoms with van der Waals surface area (Å²) in [5, 5.41) is 12.6. The number of ether oxygens (including phenoxy) is 1. The van der Waals surface area contributed by atoms with Crippen LogP contribution in [0.4, 0.5) is 0 Å². The molecule has 0 unspecified atom stereocenters. The van der Waals surface area contributed by atoms with E-state index in [0.29, 0.717) is 12.7 Å². The van der Waals surface area contributed by atoms with E-state index in [1.807, 2.05) is 0 Å². The molecule has 4 heteroatoms. The van der Waals surface area contributed by atoms with Gasteiger partial charge in [-0.1, -0.05) is 6.92 Å². The van der Waals surface area contributed by atoms with E-state index in [4.69, 9.17) is 4.74 Å². The minimum Gasteiger partial charge on any atom is -0.393 e. The highest BCUT2D eigenvalue weighted by molar-refractivity contribution is 7.09. The number of hydrogen-bond donors (Lipinski definition) is 1. The Balaban J connectivity index is 1.74. The summed E-state index contributed by atoms with van der Waals surface area (Å²) in [5.74, 6) is 0. The van der Waals surface area contributed by atoms with Crippen molar-refractivity contribution in [2.45, 2.75) is 57.8 Å². The lowest BCUT2D eigenvalue weighted by Gasteiger charge is -2.25. The molecule has 2 rings (SSSR count). The van der Waals surface area contributed by atoms with E-state index in [2.05, 4.69) is 17.3 Å². The van der Waals surface area contributed by atoms with E-state index in [1.165, 1.54) is 5.01 Å². The number of aromatic nitrogens is 1. The molecular formula is C12H19NO2S. The molecule has 1 fully saturated rings. The van der Waals surface area contributed by atoms with Crippen LogP contribution in [0.3, 0.4) is 0 Å². The molecule has 1 aliphatic carbocycles. The van der Waals surface area contributed by atoms with E-state index in [1.54, 1.807) is 11.3 Å². The van der Waals surface area contributed by atoms with Crippen LogP contribution in [0.1, 0.15) is 43.3 Å². The number of hydrogen-bond acceptors (Lipinski definition) is 4. The first-order valence-corrected chi connectivity index (χ1v) is 6.89. The fourth-order valence-electron chi connectivity index (χ4n) is 1.99. The maximum Gasteiger partial charge on any atom is 0.0926 e. The first-order chi connectivity index (χ1) is 7.78. The topological polar surface area (TPSA) is 42.4 Å². The first kappa shape index (κ1) is 12.0. The quantitative estimate of drug-likeness (QED) is 0.880. The van der Waals surface area contributed by atoms with Crippen molar-refractivity contribution in [3.63, 3.8) is 0 Å². The van der Waals surface area contributed by atoms with Gasteiger partial charge in [0.05, 0.1) is 29.5 Å². The third-order valence-electron chi connectivity index (χ3n) is 3.01. The number of rotatable bonds is 4. The van der Waals surface area contributed by atoms with Gasteiger partial charge in [-0.2, -0.15) is 0 Å². The summed E-state index contributed by atoms with van der Waals surface area (Å²) in [4.78, 5) is 4.47. The van der Waals surface area contributed by atoms with Crippen LogP contribution < -0.4 is 0 Å². The summed E-state index contributed by atoms with van der Waals surface area (Å²) in [6.07, 6.45) is 4.92. The summed E-state index contributed by atoms with van der Waals surface area (Å²) in [5.41, 5.74) is 1.05. The van der Waals surface area contributed by atoms with Gasteiger partial charge in [0, 0.05) is 5.38 Å². The zero-order valence-corrected chi connectivity index (χ0v) is 10.5. The van der Waals surface area contributed by atoms with Crippen LogP contribution >= 0.6 is 11.3 Å². The highest BCUT2D eigenvalue weighted by Crippen LogP contribution is 2.22. The molecule has 1 aromatic rings. The van der Waals surface area contributed by atoms with Gasteiger partial charge in [0.1, 0.15) is 0 Å². The minimum absolute atomic E-state index is 0.106. The average Bonchev–Trinajstić information content (AvgIpc) is 2.76. The summed E-state index contributed by atoms with van der Waals surface area (Å²) in [7, 11) is 0. The summed E-state index contributed by atoms with van der Waals surface area (Å²) >= 11 is 1.71. The van der Waals surface area contributed by atoms with Gasteiger partial charge in [0.2, 0.25) is 0 Å². The highest BCUT2D eigenvalue weighted by Gasteiger charge is 2.19. The predicted octanol–water partition coefficient (Wildman–Crippen LogP) is 2.53. The molecule has 1 aromatic heterocycles. The normalized spacial score (nSPS) is 25.9. The van der Waals surface area contributed by atoms with Crippen molar-refractivity contribution in [1.82, 2.24) is 4.98 Å². The number of aliphatic hydroxyl groups excluding tert-OH is 1. The molecule has 1 saturated carbocycles. The molecule has 1 heterocycles. The lowest BCUT2D eigenvalue weighted by atomic mass is 9.95. The maximum atomic E-state index is 9.38. The Hall–Kier alpha value is -0.450. The van der Waals surface area contributed by atoms with Crippen LogP contribution in [0.2, 0.25) is 0 Å². The predicted molar refractivity (Wildman–Crippen MR) is 64.5 cm³/mol. The van der Waals surface area contributed by atoms with Crippen LogP contribution in [0.25, 0.3) is 0 Å². The molecule has 1 N–H and O–H groups in total. The van der Waals surface area contributed by atoms with E-state index < -0.39 is 0 Å². The van der Waals surface area contributed by atoms with Gasteiger partial charge in [-0.25, -0.2) is 4.98 Å². The molecule has 0 aliphatic heterocycles. The molecule has 0 atom stereocenters. The summed E-state index contributed by atoms with van der Waals surface area (Å²) in [6.45, 7) is 2.74. The average molecular weight is 241 g/mol. The standard InChI is InChI=1S/C12H19NO2S/c1-2-12-13-9(8-16-12)7-15-11-5-3-10(14)4-6-11/h8,10-11,14H,2-7H2,1H3. The van der Waals surface area contributed by atoms with E-state index >= 15 is 0 Å². The fraction of sp³-hybridized carbons (Fsp3) is 0.750. The lowest BCUT2D eigenvalue weighted by molar-refractivity contribution is -0.0128. The van der Waals surface area contributed by atoms with Gasteiger partial charge in [0.15, 0.2) is 0 Å². The Labute approximate surface area is 100 Å². The molecule has 0 spiro atoms. The van der Waals surface area contributed by atoms with Crippen LogP contribution in [0.15, 0.2) is 5.38 Å². The molecule has 0 aromatic carbocycles.